The number of rotatable bonds is 3. The number of hydrogen-bond donors (Lipinski definition) is 1. The molecule has 3 fully saturated rings. The Morgan fingerprint density at radius 3 is 2.53 bits per heavy atom. The van der Waals surface area contributed by atoms with Gasteiger partial charge in [-0.3, -0.25) is 0 Å². The Bertz CT molecular complexity index is 311. The second-order valence-electron chi connectivity index (χ2n) is 8.44. The average molecular weight is 263 g/mol. The first-order valence-corrected chi connectivity index (χ1v) is 8.84. The van der Waals surface area contributed by atoms with Gasteiger partial charge in [0.15, 0.2) is 0 Å². The Hall–Kier alpha value is -0.0400. The topological polar surface area (TPSA) is 26.0 Å². The van der Waals surface area contributed by atoms with Gasteiger partial charge in [-0.25, -0.2) is 0 Å². The second kappa shape index (κ2) is 5.39. The van der Waals surface area contributed by atoms with E-state index in [2.05, 4.69) is 13.8 Å². The van der Waals surface area contributed by atoms with Gasteiger partial charge in [0.2, 0.25) is 0 Å². The predicted octanol–water partition coefficient (Wildman–Crippen LogP) is 4.75. The summed E-state index contributed by atoms with van der Waals surface area (Å²) in [6.45, 7) is 4.79. The zero-order chi connectivity index (χ0) is 13.5. The molecule has 1 heteroatoms. The molecule has 2 N–H and O–H groups in total. The summed E-state index contributed by atoms with van der Waals surface area (Å²) >= 11 is 0. The highest BCUT2D eigenvalue weighted by Crippen LogP contribution is 2.51. The van der Waals surface area contributed by atoms with Crippen LogP contribution in [0.1, 0.15) is 78.1 Å². The zero-order valence-corrected chi connectivity index (χ0v) is 13.0. The van der Waals surface area contributed by atoms with Gasteiger partial charge in [0.05, 0.1) is 0 Å². The van der Waals surface area contributed by atoms with Gasteiger partial charge in [-0.15, -0.1) is 0 Å². The summed E-state index contributed by atoms with van der Waals surface area (Å²) in [5.74, 6) is 4.90. The van der Waals surface area contributed by atoms with Crippen LogP contribution in [-0.4, -0.2) is 5.54 Å². The minimum Gasteiger partial charge on any atom is -0.325 e. The van der Waals surface area contributed by atoms with Crippen LogP contribution >= 0.6 is 0 Å². The van der Waals surface area contributed by atoms with Crippen LogP contribution in [0.5, 0.6) is 0 Å². The molecular weight excluding hydrogens is 230 g/mol. The van der Waals surface area contributed by atoms with E-state index >= 15 is 0 Å². The summed E-state index contributed by atoms with van der Waals surface area (Å²) in [6, 6.07) is 0. The van der Waals surface area contributed by atoms with Crippen molar-refractivity contribution in [1.82, 2.24) is 0 Å². The van der Waals surface area contributed by atoms with Crippen molar-refractivity contribution in [3.63, 3.8) is 0 Å². The molecule has 3 saturated carbocycles. The summed E-state index contributed by atoms with van der Waals surface area (Å²) in [6.07, 6.45) is 14.2. The van der Waals surface area contributed by atoms with Crippen molar-refractivity contribution in [3.8, 4) is 0 Å². The van der Waals surface area contributed by atoms with E-state index in [1.807, 2.05) is 0 Å². The molecule has 19 heavy (non-hydrogen) atoms. The molecule has 110 valence electrons. The van der Waals surface area contributed by atoms with Gasteiger partial charge >= 0.3 is 0 Å². The lowest BCUT2D eigenvalue weighted by Gasteiger charge is -2.34. The maximum absolute atomic E-state index is 6.83. The molecule has 0 amide bonds. The van der Waals surface area contributed by atoms with E-state index < -0.39 is 0 Å². The lowest BCUT2D eigenvalue weighted by atomic mass is 9.76. The third kappa shape index (κ3) is 3.01. The lowest BCUT2D eigenvalue weighted by molar-refractivity contribution is 0.219. The molecule has 3 aliphatic rings. The van der Waals surface area contributed by atoms with E-state index in [1.54, 1.807) is 0 Å². The van der Waals surface area contributed by atoms with Crippen molar-refractivity contribution in [2.24, 2.45) is 35.3 Å². The third-order valence-corrected chi connectivity index (χ3v) is 6.76. The zero-order valence-electron chi connectivity index (χ0n) is 13.0. The van der Waals surface area contributed by atoms with E-state index in [0.717, 1.165) is 29.6 Å². The molecule has 5 atom stereocenters. The van der Waals surface area contributed by atoms with Crippen molar-refractivity contribution in [1.29, 1.82) is 0 Å². The molecule has 0 heterocycles. The van der Waals surface area contributed by atoms with Crippen LogP contribution in [0.3, 0.4) is 0 Å². The van der Waals surface area contributed by atoms with Crippen molar-refractivity contribution in [2.45, 2.75) is 83.6 Å². The molecule has 0 aromatic heterocycles. The maximum Gasteiger partial charge on any atom is 0.0157 e. The molecule has 2 bridgehead atoms. The Balaban J connectivity index is 1.57. The Kier molecular flexibility index (Phi) is 3.95. The molecule has 3 rings (SSSR count). The van der Waals surface area contributed by atoms with E-state index in [1.165, 1.54) is 64.2 Å². The number of hydrogen-bond acceptors (Lipinski definition) is 1. The van der Waals surface area contributed by atoms with Crippen LogP contribution in [0.15, 0.2) is 0 Å². The van der Waals surface area contributed by atoms with Crippen molar-refractivity contribution in [3.05, 3.63) is 0 Å². The standard InChI is InChI=1S/C18H33N/c1-13(2)15-4-3-8-18(19,9-7-15)12-17-11-14-5-6-16(17)10-14/h13-17H,3-12,19H2,1-2H3. The maximum atomic E-state index is 6.83. The monoisotopic (exact) mass is 263 g/mol. The SMILES string of the molecule is CC(C)C1CCCC(N)(CC2CC3CCC2C3)CC1. The Labute approximate surface area is 119 Å². The number of nitrogens with two attached hydrogens (primary N) is 1. The average Bonchev–Trinajstić information content (AvgIpc) is 2.89. The molecule has 5 unspecified atom stereocenters. The summed E-state index contributed by atoms with van der Waals surface area (Å²) in [5.41, 5.74) is 7.03. The number of fused-ring (bicyclic) bond motifs is 2. The van der Waals surface area contributed by atoms with E-state index in [4.69, 9.17) is 5.73 Å². The highest BCUT2D eigenvalue weighted by atomic mass is 14.7. The largest absolute Gasteiger partial charge is 0.325 e. The highest BCUT2D eigenvalue weighted by Gasteiger charge is 2.43. The normalized spacial score (nSPS) is 46.7. The summed E-state index contributed by atoms with van der Waals surface area (Å²) in [7, 11) is 0. The predicted molar refractivity (Wildman–Crippen MR) is 81.9 cm³/mol. The van der Waals surface area contributed by atoms with Gasteiger partial charge in [-0.2, -0.15) is 0 Å². The van der Waals surface area contributed by atoms with Crippen LogP contribution in [-0.2, 0) is 0 Å². The van der Waals surface area contributed by atoms with Crippen molar-refractivity contribution in [2.75, 3.05) is 0 Å². The molecule has 0 spiro atoms. The van der Waals surface area contributed by atoms with E-state index in [-0.39, 0.29) is 5.54 Å². The van der Waals surface area contributed by atoms with Gasteiger partial charge in [-0.05, 0) is 74.5 Å². The summed E-state index contributed by atoms with van der Waals surface area (Å²) in [5, 5.41) is 0. The smallest absolute Gasteiger partial charge is 0.0157 e. The van der Waals surface area contributed by atoms with Gasteiger partial charge in [-0.1, -0.05) is 33.1 Å². The van der Waals surface area contributed by atoms with Gasteiger partial charge in [0, 0.05) is 5.54 Å². The molecule has 0 radical (unpaired) electrons. The molecule has 0 saturated heterocycles. The molecular formula is C18H33N. The molecule has 1 nitrogen and oxygen atoms in total. The van der Waals surface area contributed by atoms with Crippen LogP contribution in [0, 0.1) is 29.6 Å². The fourth-order valence-electron chi connectivity index (χ4n) is 5.48. The third-order valence-electron chi connectivity index (χ3n) is 6.76. The summed E-state index contributed by atoms with van der Waals surface area (Å²) in [4.78, 5) is 0. The van der Waals surface area contributed by atoms with E-state index in [9.17, 15) is 0 Å². The van der Waals surface area contributed by atoms with Crippen LogP contribution in [0.25, 0.3) is 0 Å². The molecule has 3 aliphatic carbocycles. The molecule has 0 aliphatic heterocycles. The van der Waals surface area contributed by atoms with Crippen molar-refractivity contribution < 1.29 is 0 Å². The van der Waals surface area contributed by atoms with Crippen LogP contribution in [0.2, 0.25) is 0 Å². The highest BCUT2D eigenvalue weighted by molar-refractivity contribution is 4.97. The fraction of sp³-hybridized carbons (Fsp3) is 1.00. The Morgan fingerprint density at radius 2 is 1.89 bits per heavy atom. The first-order valence-electron chi connectivity index (χ1n) is 8.84. The Morgan fingerprint density at radius 1 is 1.05 bits per heavy atom. The van der Waals surface area contributed by atoms with Gasteiger partial charge in [0.1, 0.15) is 0 Å². The van der Waals surface area contributed by atoms with Gasteiger partial charge < -0.3 is 5.73 Å². The molecule has 0 aromatic carbocycles. The van der Waals surface area contributed by atoms with Gasteiger partial charge in [0.25, 0.3) is 0 Å². The quantitative estimate of drug-likeness (QED) is 0.731. The minimum atomic E-state index is 0.193. The first kappa shape index (κ1) is 13.9. The van der Waals surface area contributed by atoms with Crippen LogP contribution < -0.4 is 5.73 Å². The van der Waals surface area contributed by atoms with Crippen LogP contribution in [0.4, 0.5) is 0 Å². The van der Waals surface area contributed by atoms with E-state index in [0.29, 0.717) is 0 Å². The lowest BCUT2D eigenvalue weighted by Crippen LogP contribution is -2.42. The van der Waals surface area contributed by atoms with Crippen molar-refractivity contribution >= 4 is 0 Å². The summed E-state index contributed by atoms with van der Waals surface area (Å²) < 4.78 is 0. The molecule has 0 aromatic rings. The minimum absolute atomic E-state index is 0.193. The second-order valence-corrected chi connectivity index (χ2v) is 8.44. The first-order chi connectivity index (χ1) is 9.06. The fourth-order valence-corrected chi connectivity index (χ4v) is 5.48.